The maximum absolute atomic E-state index is 14.0. The van der Waals surface area contributed by atoms with Crippen LogP contribution < -0.4 is 10.2 Å². The molecule has 0 unspecified atom stereocenters. The van der Waals surface area contributed by atoms with E-state index in [4.69, 9.17) is 9.72 Å². The Morgan fingerprint density at radius 1 is 1.17 bits per heavy atom. The van der Waals surface area contributed by atoms with Crippen LogP contribution in [-0.4, -0.2) is 40.5 Å². The highest BCUT2D eigenvalue weighted by molar-refractivity contribution is 5.94. The van der Waals surface area contributed by atoms with E-state index < -0.39 is 0 Å². The number of rotatable bonds is 4. The van der Waals surface area contributed by atoms with Crippen LogP contribution >= 0.6 is 0 Å². The molecule has 4 heterocycles. The summed E-state index contributed by atoms with van der Waals surface area (Å²) in [6.07, 6.45) is 3.25. The maximum Gasteiger partial charge on any atom is 0.157 e. The van der Waals surface area contributed by atoms with Gasteiger partial charge in [-0.05, 0) is 69.0 Å². The lowest BCUT2D eigenvalue weighted by Gasteiger charge is -2.28. The van der Waals surface area contributed by atoms with E-state index in [9.17, 15) is 4.39 Å². The fraction of sp³-hybridized carbons (Fsp3) is 0.435. The van der Waals surface area contributed by atoms with Crippen molar-refractivity contribution in [2.75, 3.05) is 23.4 Å². The summed E-state index contributed by atoms with van der Waals surface area (Å²) in [6.45, 7) is 9.55. The molecule has 2 bridgehead atoms. The van der Waals surface area contributed by atoms with Gasteiger partial charge in [-0.2, -0.15) is 5.10 Å². The molecule has 7 heteroatoms. The monoisotopic (exact) mass is 407 g/mol. The summed E-state index contributed by atoms with van der Waals surface area (Å²) in [5.41, 5.74) is 3.78. The number of hydrogen-bond donors (Lipinski definition) is 1. The summed E-state index contributed by atoms with van der Waals surface area (Å²) in [4.78, 5) is 7.04. The Morgan fingerprint density at radius 2 is 2.00 bits per heavy atom. The number of morpholine rings is 1. The SMILES string of the molecule is Cc1cc(F)cc([C@@H](C)Nc2nnc(C)c3cnc(N4C[C@H]5C[C@@H]4CO5)cc23)c1C. The number of anilines is 2. The zero-order valence-corrected chi connectivity index (χ0v) is 17.7. The molecule has 2 fully saturated rings. The lowest BCUT2D eigenvalue weighted by Crippen LogP contribution is -2.37. The minimum atomic E-state index is -0.223. The van der Waals surface area contributed by atoms with Crippen molar-refractivity contribution < 1.29 is 9.13 Å². The van der Waals surface area contributed by atoms with Gasteiger partial charge >= 0.3 is 0 Å². The van der Waals surface area contributed by atoms with Gasteiger partial charge in [-0.1, -0.05) is 0 Å². The number of nitrogens with zero attached hydrogens (tertiary/aromatic N) is 4. The summed E-state index contributed by atoms with van der Waals surface area (Å²) in [5.74, 6) is 1.41. The van der Waals surface area contributed by atoms with E-state index >= 15 is 0 Å². The van der Waals surface area contributed by atoms with Crippen LogP contribution in [0.4, 0.5) is 16.0 Å². The molecule has 0 amide bonds. The van der Waals surface area contributed by atoms with Gasteiger partial charge in [0.05, 0.1) is 30.5 Å². The number of halogens is 1. The number of aryl methyl sites for hydroxylation is 2. The van der Waals surface area contributed by atoms with E-state index in [2.05, 4.69) is 26.5 Å². The summed E-state index contributed by atoms with van der Waals surface area (Å²) >= 11 is 0. The first-order chi connectivity index (χ1) is 14.4. The van der Waals surface area contributed by atoms with Crippen molar-refractivity contribution in [2.24, 2.45) is 0 Å². The van der Waals surface area contributed by atoms with Crippen molar-refractivity contribution in [1.29, 1.82) is 0 Å². The minimum absolute atomic E-state index is 0.118. The molecule has 0 aliphatic carbocycles. The summed E-state index contributed by atoms with van der Waals surface area (Å²) in [5, 5.41) is 14.2. The highest BCUT2D eigenvalue weighted by atomic mass is 19.1. The Hall–Kier alpha value is -2.80. The number of ether oxygens (including phenoxy) is 1. The Kier molecular flexibility index (Phi) is 4.58. The summed E-state index contributed by atoms with van der Waals surface area (Å²) < 4.78 is 19.8. The molecule has 3 aromatic rings. The van der Waals surface area contributed by atoms with E-state index in [0.29, 0.717) is 18.0 Å². The molecule has 2 aliphatic rings. The van der Waals surface area contributed by atoms with Crippen molar-refractivity contribution in [2.45, 2.75) is 52.3 Å². The van der Waals surface area contributed by atoms with Crippen LogP contribution in [0, 0.1) is 26.6 Å². The van der Waals surface area contributed by atoms with Crippen LogP contribution in [0.3, 0.4) is 0 Å². The second kappa shape index (κ2) is 7.16. The predicted octanol–water partition coefficient (Wildman–Crippen LogP) is 4.24. The van der Waals surface area contributed by atoms with E-state index in [1.54, 1.807) is 12.1 Å². The highest BCUT2D eigenvalue weighted by Gasteiger charge is 2.39. The Balaban J connectivity index is 1.52. The van der Waals surface area contributed by atoms with Crippen LogP contribution in [0.5, 0.6) is 0 Å². The van der Waals surface area contributed by atoms with Crippen molar-refractivity contribution in [3.63, 3.8) is 0 Å². The molecule has 0 saturated carbocycles. The number of pyridine rings is 1. The second-order valence-corrected chi connectivity index (χ2v) is 8.52. The minimum Gasteiger partial charge on any atom is -0.374 e. The number of aromatic nitrogens is 3. The second-order valence-electron chi connectivity index (χ2n) is 8.52. The average Bonchev–Trinajstić information content (AvgIpc) is 3.36. The van der Waals surface area contributed by atoms with E-state index in [1.165, 1.54) is 0 Å². The maximum atomic E-state index is 14.0. The third kappa shape index (κ3) is 3.17. The lowest BCUT2D eigenvalue weighted by atomic mass is 9.98. The highest BCUT2D eigenvalue weighted by Crippen LogP contribution is 2.35. The van der Waals surface area contributed by atoms with Gasteiger partial charge in [0, 0.05) is 23.5 Å². The third-order valence-electron chi connectivity index (χ3n) is 6.52. The van der Waals surface area contributed by atoms with Gasteiger partial charge in [0.2, 0.25) is 0 Å². The van der Waals surface area contributed by atoms with Gasteiger partial charge in [-0.3, -0.25) is 0 Å². The molecule has 30 heavy (non-hydrogen) atoms. The lowest BCUT2D eigenvalue weighted by molar-refractivity contribution is 0.0989. The number of hydrogen-bond acceptors (Lipinski definition) is 6. The molecule has 1 aromatic carbocycles. The molecule has 5 rings (SSSR count). The fourth-order valence-electron chi connectivity index (χ4n) is 4.68. The van der Waals surface area contributed by atoms with Gasteiger partial charge in [0.15, 0.2) is 5.82 Å². The molecule has 0 radical (unpaired) electrons. The van der Waals surface area contributed by atoms with Crippen molar-refractivity contribution in [3.05, 3.63) is 52.6 Å². The van der Waals surface area contributed by atoms with Crippen molar-refractivity contribution >= 4 is 22.4 Å². The first-order valence-corrected chi connectivity index (χ1v) is 10.4. The average molecular weight is 407 g/mol. The van der Waals surface area contributed by atoms with Crippen LogP contribution in [-0.2, 0) is 4.74 Å². The number of benzene rings is 1. The van der Waals surface area contributed by atoms with Gasteiger partial charge in [0.1, 0.15) is 11.6 Å². The van der Waals surface area contributed by atoms with E-state index in [0.717, 1.165) is 58.5 Å². The molecular weight excluding hydrogens is 381 g/mol. The molecule has 156 valence electrons. The van der Waals surface area contributed by atoms with Gasteiger partial charge in [0.25, 0.3) is 0 Å². The van der Waals surface area contributed by atoms with E-state index in [-0.39, 0.29) is 11.9 Å². The predicted molar refractivity (Wildman–Crippen MR) is 115 cm³/mol. The first kappa shape index (κ1) is 19.2. The van der Waals surface area contributed by atoms with Crippen LogP contribution in [0.15, 0.2) is 24.4 Å². The third-order valence-corrected chi connectivity index (χ3v) is 6.52. The normalized spacial score (nSPS) is 21.4. The molecule has 0 spiro atoms. The van der Waals surface area contributed by atoms with Crippen LogP contribution in [0.25, 0.3) is 10.8 Å². The van der Waals surface area contributed by atoms with Crippen LogP contribution in [0.2, 0.25) is 0 Å². The molecule has 1 N–H and O–H groups in total. The van der Waals surface area contributed by atoms with Gasteiger partial charge < -0.3 is 15.0 Å². The fourth-order valence-corrected chi connectivity index (χ4v) is 4.68. The first-order valence-electron chi connectivity index (χ1n) is 10.4. The Bertz CT molecular complexity index is 1130. The topological polar surface area (TPSA) is 63.2 Å². The number of nitrogens with one attached hydrogen (secondary N) is 1. The Labute approximate surface area is 175 Å². The smallest absolute Gasteiger partial charge is 0.157 e. The quantitative estimate of drug-likeness (QED) is 0.698. The van der Waals surface area contributed by atoms with Gasteiger partial charge in [-0.25, -0.2) is 9.37 Å². The zero-order chi connectivity index (χ0) is 21.0. The molecule has 6 nitrogen and oxygen atoms in total. The molecule has 2 saturated heterocycles. The van der Waals surface area contributed by atoms with Crippen LogP contribution in [0.1, 0.15) is 41.8 Å². The summed E-state index contributed by atoms with van der Waals surface area (Å²) in [6, 6.07) is 5.53. The zero-order valence-electron chi connectivity index (χ0n) is 17.7. The largest absolute Gasteiger partial charge is 0.374 e. The standard InChI is InChI=1S/C23H26FN5O/c1-12-5-16(24)6-19(13(12)2)14(3)26-23-20-8-22(25-9-21(20)15(4)27-28-23)29-10-18-7-17(29)11-30-18/h5-6,8-9,14,17-18H,7,10-11H2,1-4H3,(H,26,28)/t14-,17-,18-/m1/s1. The van der Waals surface area contributed by atoms with E-state index in [1.807, 2.05) is 33.9 Å². The molecule has 2 aromatic heterocycles. The van der Waals surface area contributed by atoms with Crippen molar-refractivity contribution in [1.82, 2.24) is 15.2 Å². The summed E-state index contributed by atoms with van der Waals surface area (Å²) in [7, 11) is 0. The van der Waals surface area contributed by atoms with Crippen molar-refractivity contribution in [3.8, 4) is 0 Å². The number of fused-ring (bicyclic) bond motifs is 3. The Morgan fingerprint density at radius 3 is 2.73 bits per heavy atom. The molecule has 2 aliphatic heterocycles. The molecular formula is C23H26FN5O. The molecule has 3 atom stereocenters. The van der Waals surface area contributed by atoms with Gasteiger partial charge in [-0.15, -0.1) is 5.10 Å².